The number of carbonyl (C=O) groups excluding carboxylic acids is 1. The zero-order chi connectivity index (χ0) is 14.3. The summed E-state index contributed by atoms with van der Waals surface area (Å²) in [7, 11) is 1.25. The van der Waals surface area contributed by atoms with E-state index in [1.54, 1.807) is 0 Å². The number of halogens is 3. The maximum atomic E-state index is 11.9. The molecule has 0 rings (SSSR count). The molecule has 1 atom stereocenters. The number of amides is 2. The molecule has 0 aliphatic heterocycles. The van der Waals surface area contributed by atoms with Crippen LogP contribution in [0.2, 0.25) is 0 Å². The molecule has 8 heteroatoms. The minimum atomic E-state index is -4.30. The third kappa shape index (κ3) is 7.75. The molecule has 2 amide bonds. The second kappa shape index (κ2) is 7.07. The van der Waals surface area contributed by atoms with Gasteiger partial charge in [-0.25, -0.2) is 4.79 Å². The summed E-state index contributed by atoms with van der Waals surface area (Å²) in [5.74, 6) is -1.58. The number of hydrogen-bond donors (Lipinski definition) is 2. The normalized spacial score (nSPS) is 12.9. The van der Waals surface area contributed by atoms with Gasteiger partial charge in [-0.15, -0.1) is 0 Å². The Morgan fingerprint density at radius 2 is 1.94 bits per heavy atom. The third-order valence-electron chi connectivity index (χ3n) is 2.35. The van der Waals surface area contributed by atoms with Gasteiger partial charge >= 0.3 is 18.2 Å². The quantitative estimate of drug-likeness (QED) is 0.771. The minimum absolute atomic E-state index is 0.114. The lowest BCUT2D eigenvalue weighted by molar-refractivity contribution is -0.141. The first kappa shape index (κ1) is 16.5. The number of nitrogens with zero attached hydrogens (tertiary/aromatic N) is 1. The molecule has 0 fully saturated rings. The van der Waals surface area contributed by atoms with Crippen LogP contribution < -0.4 is 5.32 Å². The Morgan fingerprint density at radius 1 is 1.39 bits per heavy atom. The Labute approximate surface area is 103 Å². The van der Waals surface area contributed by atoms with E-state index < -0.39 is 37.1 Å². The maximum Gasteiger partial charge on any atom is 0.390 e. The highest BCUT2D eigenvalue weighted by molar-refractivity contribution is 5.74. The summed E-state index contributed by atoms with van der Waals surface area (Å²) >= 11 is 0. The Hall–Kier alpha value is -1.47. The van der Waals surface area contributed by atoms with Gasteiger partial charge in [0.15, 0.2) is 0 Å². The Bertz CT molecular complexity index is 295. The van der Waals surface area contributed by atoms with Crippen LogP contribution in [0.25, 0.3) is 0 Å². The summed E-state index contributed by atoms with van der Waals surface area (Å²) < 4.78 is 35.7. The van der Waals surface area contributed by atoms with Crippen molar-refractivity contribution in [3.8, 4) is 0 Å². The number of hydrogen-bond acceptors (Lipinski definition) is 2. The van der Waals surface area contributed by atoms with E-state index in [2.05, 4.69) is 5.32 Å². The molecule has 106 valence electrons. The van der Waals surface area contributed by atoms with Crippen molar-refractivity contribution in [2.45, 2.75) is 25.9 Å². The highest BCUT2D eigenvalue weighted by atomic mass is 19.4. The highest BCUT2D eigenvalue weighted by Crippen LogP contribution is 2.19. The zero-order valence-electron chi connectivity index (χ0n) is 10.3. The molecule has 0 saturated carbocycles. The summed E-state index contributed by atoms with van der Waals surface area (Å²) in [5.41, 5.74) is 0. The average molecular weight is 270 g/mol. The summed E-state index contributed by atoms with van der Waals surface area (Å²) in [6.07, 6.45) is -5.14. The lowest BCUT2D eigenvalue weighted by atomic mass is 10.1. The Balaban J connectivity index is 3.85. The maximum absolute atomic E-state index is 11.9. The molecular weight excluding hydrogens is 253 g/mol. The molecule has 1 unspecified atom stereocenters. The van der Waals surface area contributed by atoms with Gasteiger partial charge in [0.05, 0.1) is 12.3 Å². The van der Waals surface area contributed by atoms with Crippen LogP contribution in [0.3, 0.4) is 0 Å². The van der Waals surface area contributed by atoms with E-state index >= 15 is 0 Å². The molecule has 0 aliphatic carbocycles. The molecule has 0 aliphatic rings. The van der Waals surface area contributed by atoms with Crippen LogP contribution >= 0.6 is 0 Å². The number of alkyl halides is 3. The first-order valence-electron chi connectivity index (χ1n) is 5.42. The fourth-order valence-electron chi connectivity index (χ4n) is 1.05. The van der Waals surface area contributed by atoms with Gasteiger partial charge in [-0.3, -0.25) is 4.79 Å². The second-order valence-electron chi connectivity index (χ2n) is 4.05. The highest BCUT2D eigenvalue weighted by Gasteiger charge is 2.28. The van der Waals surface area contributed by atoms with Gasteiger partial charge in [-0.1, -0.05) is 6.92 Å². The molecule has 0 saturated heterocycles. The summed E-state index contributed by atoms with van der Waals surface area (Å²) in [4.78, 5) is 22.7. The number of urea groups is 1. The topological polar surface area (TPSA) is 69.6 Å². The van der Waals surface area contributed by atoms with Gasteiger partial charge in [0, 0.05) is 20.1 Å². The SMILES string of the molecule is CC(CCNC(=O)N(C)CCC(F)(F)F)C(=O)O. The molecular formula is C10H17F3N2O3. The summed E-state index contributed by atoms with van der Waals surface area (Å²) in [6, 6.07) is -0.642. The van der Waals surface area contributed by atoms with E-state index in [4.69, 9.17) is 5.11 Å². The smallest absolute Gasteiger partial charge is 0.390 e. The van der Waals surface area contributed by atoms with Gasteiger partial charge in [0.25, 0.3) is 0 Å². The van der Waals surface area contributed by atoms with Crippen LogP contribution in [0.5, 0.6) is 0 Å². The largest absolute Gasteiger partial charge is 0.481 e. The molecule has 0 aromatic carbocycles. The van der Waals surface area contributed by atoms with E-state index in [1.807, 2.05) is 0 Å². The van der Waals surface area contributed by atoms with Crippen molar-refractivity contribution in [3.05, 3.63) is 0 Å². The van der Waals surface area contributed by atoms with Gasteiger partial charge < -0.3 is 15.3 Å². The first-order chi connectivity index (χ1) is 8.13. The molecule has 0 bridgehead atoms. The number of carboxylic acids is 1. The third-order valence-corrected chi connectivity index (χ3v) is 2.35. The molecule has 18 heavy (non-hydrogen) atoms. The van der Waals surface area contributed by atoms with E-state index in [-0.39, 0.29) is 13.0 Å². The molecule has 2 N–H and O–H groups in total. The van der Waals surface area contributed by atoms with E-state index in [0.29, 0.717) is 0 Å². The van der Waals surface area contributed by atoms with Crippen molar-refractivity contribution in [1.82, 2.24) is 10.2 Å². The van der Waals surface area contributed by atoms with Crippen molar-refractivity contribution < 1.29 is 27.9 Å². The van der Waals surface area contributed by atoms with Crippen LogP contribution in [-0.4, -0.2) is 48.3 Å². The zero-order valence-corrected chi connectivity index (χ0v) is 10.3. The molecule has 0 aromatic heterocycles. The van der Waals surface area contributed by atoms with Crippen molar-refractivity contribution >= 4 is 12.0 Å². The predicted molar refractivity (Wildman–Crippen MR) is 58.1 cm³/mol. The first-order valence-corrected chi connectivity index (χ1v) is 5.42. The molecule has 0 spiro atoms. The summed E-state index contributed by atoms with van der Waals surface area (Å²) in [5, 5.41) is 10.9. The van der Waals surface area contributed by atoms with E-state index in [1.165, 1.54) is 14.0 Å². The van der Waals surface area contributed by atoms with E-state index in [9.17, 15) is 22.8 Å². The number of carboxylic acid groups (broad SMARTS) is 1. The minimum Gasteiger partial charge on any atom is -0.481 e. The number of carbonyl (C=O) groups is 2. The van der Waals surface area contributed by atoms with Crippen LogP contribution in [0.1, 0.15) is 19.8 Å². The number of rotatable bonds is 6. The Kier molecular flexibility index (Phi) is 6.50. The van der Waals surface area contributed by atoms with Crippen LogP contribution in [0.4, 0.5) is 18.0 Å². The predicted octanol–water partition coefficient (Wildman–Crippen LogP) is 1.69. The monoisotopic (exact) mass is 270 g/mol. The van der Waals surface area contributed by atoms with Gasteiger partial charge in [-0.05, 0) is 6.42 Å². The van der Waals surface area contributed by atoms with Gasteiger partial charge in [-0.2, -0.15) is 13.2 Å². The molecule has 0 aromatic rings. The van der Waals surface area contributed by atoms with Crippen LogP contribution in [0, 0.1) is 5.92 Å². The van der Waals surface area contributed by atoms with Gasteiger partial charge in [0.2, 0.25) is 0 Å². The number of nitrogens with one attached hydrogen (secondary N) is 1. The fraction of sp³-hybridized carbons (Fsp3) is 0.800. The van der Waals surface area contributed by atoms with E-state index in [0.717, 1.165) is 4.90 Å². The van der Waals surface area contributed by atoms with Crippen LogP contribution in [0.15, 0.2) is 0 Å². The van der Waals surface area contributed by atoms with Crippen molar-refractivity contribution in [2.75, 3.05) is 20.1 Å². The lowest BCUT2D eigenvalue weighted by Crippen LogP contribution is -2.39. The molecule has 5 nitrogen and oxygen atoms in total. The van der Waals surface area contributed by atoms with Crippen molar-refractivity contribution in [2.24, 2.45) is 5.92 Å². The van der Waals surface area contributed by atoms with Crippen molar-refractivity contribution in [1.29, 1.82) is 0 Å². The fourth-order valence-corrected chi connectivity index (χ4v) is 1.05. The second-order valence-corrected chi connectivity index (χ2v) is 4.05. The molecule has 0 radical (unpaired) electrons. The molecule has 0 heterocycles. The lowest BCUT2D eigenvalue weighted by Gasteiger charge is -2.19. The average Bonchev–Trinajstić information content (AvgIpc) is 2.24. The van der Waals surface area contributed by atoms with Crippen LogP contribution in [-0.2, 0) is 4.79 Å². The summed E-state index contributed by atoms with van der Waals surface area (Å²) in [6.45, 7) is 1.17. The number of aliphatic carboxylic acids is 1. The standard InChI is InChI=1S/C10H17F3N2O3/c1-7(8(16)17)3-5-14-9(18)15(2)6-4-10(11,12)13/h7H,3-6H2,1-2H3,(H,14,18)(H,16,17). The Morgan fingerprint density at radius 3 is 2.39 bits per heavy atom. The van der Waals surface area contributed by atoms with Gasteiger partial charge in [0.1, 0.15) is 0 Å². The van der Waals surface area contributed by atoms with Crippen molar-refractivity contribution in [3.63, 3.8) is 0 Å².